The van der Waals surface area contributed by atoms with E-state index in [0.29, 0.717) is 6.42 Å². The summed E-state index contributed by atoms with van der Waals surface area (Å²) in [4.78, 5) is 12.0. The van der Waals surface area contributed by atoms with Crippen LogP contribution in [0.5, 0.6) is 0 Å². The quantitative estimate of drug-likeness (QED) is 0.657. The second kappa shape index (κ2) is 5.61. The van der Waals surface area contributed by atoms with Gasteiger partial charge < -0.3 is 10.4 Å². The number of amides is 1. The van der Waals surface area contributed by atoms with Crippen LogP contribution in [0.3, 0.4) is 0 Å². The molecule has 4 heteroatoms. The summed E-state index contributed by atoms with van der Waals surface area (Å²) >= 11 is 4.32. The maximum atomic E-state index is 12.0. The molecule has 0 aromatic rings. The topological polar surface area (TPSA) is 49.3 Å². The summed E-state index contributed by atoms with van der Waals surface area (Å²) in [7, 11) is 0. The Morgan fingerprint density at radius 2 is 2.06 bits per heavy atom. The average Bonchev–Trinajstić information content (AvgIpc) is 3.10. The highest BCUT2D eigenvalue weighted by Gasteiger charge is 2.43. The van der Waals surface area contributed by atoms with E-state index in [0.717, 1.165) is 31.4 Å². The molecule has 0 aliphatic heterocycles. The zero-order chi connectivity index (χ0) is 12.3. The Balaban J connectivity index is 1.80. The third-order valence-corrected chi connectivity index (χ3v) is 4.99. The summed E-state index contributed by atoms with van der Waals surface area (Å²) in [5, 5.41) is 12.4. The summed E-state index contributed by atoms with van der Waals surface area (Å²) in [6.45, 7) is 0.197. The van der Waals surface area contributed by atoms with Crippen molar-refractivity contribution in [3.05, 3.63) is 0 Å². The van der Waals surface area contributed by atoms with Crippen molar-refractivity contribution >= 4 is 18.5 Å². The van der Waals surface area contributed by atoms with Crippen molar-refractivity contribution in [2.45, 2.75) is 51.0 Å². The third-order valence-electron chi connectivity index (χ3n) is 4.32. The number of aliphatic hydroxyl groups excluding tert-OH is 1. The standard InChI is InChI=1S/C13H23NO2S/c15-8-10-3-1-2-4-11(10)14-12(16)7-13(9-17)5-6-13/h10-11,15,17H,1-9H2,(H,14,16). The summed E-state index contributed by atoms with van der Waals surface area (Å²) in [6.07, 6.45) is 7.29. The number of carbonyl (C=O) groups excluding carboxylic acids is 1. The molecule has 0 aromatic heterocycles. The summed E-state index contributed by atoms with van der Waals surface area (Å²) in [5.41, 5.74) is 0.191. The fourth-order valence-corrected chi connectivity index (χ4v) is 3.21. The number of carbonyl (C=O) groups is 1. The molecule has 17 heavy (non-hydrogen) atoms. The SMILES string of the molecule is O=C(CC1(CS)CC1)NC1CCCCC1CO. The number of hydrogen-bond donors (Lipinski definition) is 3. The van der Waals surface area contributed by atoms with Crippen LogP contribution in [0, 0.1) is 11.3 Å². The van der Waals surface area contributed by atoms with Crippen LogP contribution in [0.2, 0.25) is 0 Å². The molecule has 98 valence electrons. The van der Waals surface area contributed by atoms with Gasteiger partial charge in [0.15, 0.2) is 0 Å². The van der Waals surface area contributed by atoms with E-state index in [1.165, 1.54) is 12.8 Å². The molecule has 2 aliphatic rings. The van der Waals surface area contributed by atoms with Crippen molar-refractivity contribution in [1.82, 2.24) is 5.32 Å². The molecular weight excluding hydrogens is 234 g/mol. The van der Waals surface area contributed by atoms with Crippen LogP contribution in [0.4, 0.5) is 0 Å². The van der Waals surface area contributed by atoms with E-state index in [1.54, 1.807) is 0 Å². The van der Waals surface area contributed by atoms with Crippen molar-refractivity contribution in [1.29, 1.82) is 0 Å². The Kier molecular flexibility index (Phi) is 4.36. The molecule has 0 radical (unpaired) electrons. The fourth-order valence-electron chi connectivity index (χ4n) is 2.78. The molecule has 2 N–H and O–H groups in total. The highest BCUT2D eigenvalue weighted by atomic mass is 32.1. The first-order chi connectivity index (χ1) is 8.19. The van der Waals surface area contributed by atoms with Gasteiger partial charge in [0.25, 0.3) is 0 Å². The van der Waals surface area contributed by atoms with Crippen molar-refractivity contribution in [3.63, 3.8) is 0 Å². The summed E-state index contributed by atoms with van der Waals surface area (Å²) < 4.78 is 0. The molecule has 2 unspecified atom stereocenters. The first-order valence-electron chi connectivity index (χ1n) is 6.70. The van der Waals surface area contributed by atoms with Gasteiger partial charge in [0.2, 0.25) is 5.91 Å². The van der Waals surface area contributed by atoms with Crippen LogP contribution in [0.1, 0.15) is 44.9 Å². The second-order valence-corrected chi connectivity index (χ2v) is 6.05. The number of aliphatic hydroxyl groups is 1. The van der Waals surface area contributed by atoms with Crippen LogP contribution in [0.25, 0.3) is 0 Å². The Bertz CT molecular complexity index is 279. The molecule has 0 aromatic carbocycles. The Morgan fingerprint density at radius 1 is 1.35 bits per heavy atom. The van der Waals surface area contributed by atoms with Crippen LogP contribution in [-0.2, 0) is 4.79 Å². The molecule has 0 saturated heterocycles. The number of rotatable bonds is 5. The molecule has 1 amide bonds. The molecule has 2 aliphatic carbocycles. The average molecular weight is 257 g/mol. The lowest BCUT2D eigenvalue weighted by Crippen LogP contribution is -2.44. The van der Waals surface area contributed by atoms with Gasteiger partial charge in [0.05, 0.1) is 0 Å². The van der Waals surface area contributed by atoms with E-state index >= 15 is 0 Å². The Morgan fingerprint density at radius 3 is 2.65 bits per heavy atom. The van der Waals surface area contributed by atoms with Gasteiger partial charge in [0.1, 0.15) is 0 Å². The highest BCUT2D eigenvalue weighted by Crippen LogP contribution is 2.49. The molecule has 2 atom stereocenters. The lowest BCUT2D eigenvalue weighted by Gasteiger charge is -2.31. The van der Waals surface area contributed by atoms with Crippen molar-refractivity contribution in [2.75, 3.05) is 12.4 Å². The van der Waals surface area contributed by atoms with Crippen LogP contribution in [-0.4, -0.2) is 29.4 Å². The normalized spacial score (nSPS) is 30.9. The van der Waals surface area contributed by atoms with Gasteiger partial charge in [0, 0.05) is 25.0 Å². The van der Waals surface area contributed by atoms with Crippen LogP contribution in [0.15, 0.2) is 0 Å². The predicted octanol–water partition coefficient (Wildman–Crippen LogP) is 1.75. The Hall–Kier alpha value is -0.220. The molecule has 2 fully saturated rings. The smallest absolute Gasteiger partial charge is 0.220 e. The van der Waals surface area contributed by atoms with Crippen molar-refractivity contribution < 1.29 is 9.90 Å². The largest absolute Gasteiger partial charge is 0.396 e. The Labute approximate surface area is 109 Å². The predicted molar refractivity (Wildman–Crippen MR) is 71.1 cm³/mol. The first kappa shape index (κ1) is 13.2. The number of hydrogen-bond acceptors (Lipinski definition) is 3. The van der Waals surface area contributed by atoms with Gasteiger partial charge in [-0.1, -0.05) is 12.8 Å². The summed E-state index contributed by atoms with van der Waals surface area (Å²) in [6, 6.07) is 0.192. The molecule has 3 nitrogen and oxygen atoms in total. The van der Waals surface area contributed by atoms with E-state index < -0.39 is 0 Å². The van der Waals surface area contributed by atoms with Gasteiger partial charge in [-0.3, -0.25) is 4.79 Å². The third kappa shape index (κ3) is 3.38. The van der Waals surface area contributed by atoms with E-state index in [2.05, 4.69) is 17.9 Å². The van der Waals surface area contributed by atoms with Crippen molar-refractivity contribution in [3.8, 4) is 0 Å². The van der Waals surface area contributed by atoms with Gasteiger partial charge >= 0.3 is 0 Å². The van der Waals surface area contributed by atoms with Crippen LogP contribution >= 0.6 is 12.6 Å². The molecule has 2 rings (SSSR count). The summed E-state index contributed by atoms with van der Waals surface area (Å²) in [5.74, 6) is 1.23. The molecule has 0 spiro atoms. The van der Waals surface area contributed by atoms with E-state index in [1.807, 2.05) is 0 Å². The number of thiol groups is 1. The fraction of sp³-hybridized carbons (Fsp3) is 0.923. The van der Waals surface area contributed by atoms with E-state index in [-0.39, 0.29) is 29.9 Å². The number of nitrogens with one attached hydrogen (secondary N) is 1. The lowest BCUT2D eigenvalue weighted by atomic mass is 9.85. The van der Waals surface area contributed by atoms with Gasteiger partial charge in [-0.25, -0.2) is 0 Å². The maximum absolute atomic E-state index is 12.0. The minimum atomic E-state index is 0.155. The van der Waals surface area contributed by atoms with Gasteiger partial charge in [-0.05, 0) is 36.9 Å². The van der Waals surface area contributed by atoms with Crippen LogP contribution < -0.4 is 5.32 Å². The minimum Gasteiger partial charge on any atom is -0.396 e. The molecule has 0 heterocycles. The maximum Gasteiger partial charge on any atom is 0.220 e. The van der Waals surface area contributed by atoms with Gasteiger partial charge in [-0.15, -0.1) is 0 Å². The zero-order valence-corrected chi connectivity index (χ0v) is 11.2. The van der Waals surface area contributed by atoms with E-state index in [9.17, 15) is 9.90 Å². The molecular formula is C13H23NO2S. The van der Waals surface area contributed by atoms with Crippen molar-refractivity contribution in [2.24, 2.45) is 11.3 Å². The minimum absolute atomic E-state index is 0.155. The molecule has 0 bridgehead atoms. The van der Waals surface area contributed by atoms with E-state index in [4.69, 9.17) is 0 Å². The zero-order valence-electron chi connectivity index (χ0n) is 10.3. The molecule has 2 saturated carbocycles. The monoisotopic (exact) mass is 257 g/mol. The first-order valence-corrected chi connectivity index (χ1v) is 7.33. The highest BCUT2D eigenvalue weighted by molar-refractivity contribution is 7.80. The lowest BCUT2D eigenvalue weighted by molar-refractivity contribution is -0.123. The second-order valence-electron chi connectivity index (χ2n) is 5.74. The van der Waals surface area contributed by atoms with Gasteiger partial charge in [-0.2, -0.15) is 12.6 Å².